The minimum Gasteiger partial charge on any atom is -0.382 e. The molecule has 116 valence electrons. The van der Waals surface area contributed by atoms with E-state index in [0.29, 0.717) is 12.1 Å². The van der Waals surface area contributed by atoms with E-state index in [9.17, 15) is 0 Å². The smallest absolute Gasteiger partial charge is 0.0659 e. The molecule has 1 aromatic carbocycles. The number of hydrogen-bond acceptors (Lipinski definition) is 3. The van der Waals surface area contributed by atoms with Crippen LogP contribution in [0.3, 0.4) is 0 Å². The van der Waals surface area contributed by atoms with Gasteiger partial charge in [-0.25, -0.2) is 0 Å². The molecule has 2 N–H and O–H groups in total. The average molecular weight is 308 g/mol. The summed E-state index contributed by atoms with van der Waals surface area (Å²) < 4.78 is 0. The van der Waals surface area contributed by atoms with Crippen molar-refractivity contribution in [1.82, 2.24) is 5.32 Å². The number of hydrogen-bond donors (Lipinski definition) is 2. The SMILES string of the molecule is CN(C)c1ccc(NC2CCCC2C2CCCN2)cc1Cl. The Morgan fingerprint density at radius 2 is 2.05 bits per heavy atom. The van der Waals surface area contributed by atoms with Crippen LogP contribution >= 0.6 is 11.6 Å². The molecule has 1 saturated heterocycles. The molecule has 2 fully saturated rings. The maximum Gasteiger partial charge on any atom is 0.0659 e. The van der Waals surface area contributed by atoms with Crippen molar-refractivity contribution in [2.24, 2.45) is 5.92 Å². The molecule has 0 aromatic heterocycles. The van der Waals surface area contributed by atoms with Crippen molar-refractivity contribution < 1.29 is 0 Å². The van der Waals surface area contributed by atoms with Crippen LogP contribution in [0.25, 0.3) is 0 Å². The van der Waals surface area contributed by atoms with Gasteiger partial charge in [-0.15, -0.1) is 0 Å². The van der Waals surface area contributed by atoms with E-state index in [1.807, 2.05) is 19.0 Å². The van der Waals surface area contributed by atoms with Crippen molar-refractivity contribution in [1.29, 1.82) is 0 Å². The van der Waals surface area contributed by atoms with Crippen LogP contribution in [-0.2, 0) is 0 Å². The normalized spacial score (nSPS) is 28.8. The molecule has 4 heteroatoms. The van der Waals surface area contributed by atoms with Crippen LogP contribution < -0.4 is 15.5 Å². The molecule has 1 saturated carbocycles. The van der Waals surface area contributed by atoms with Crippen molar-refractivity contribution in [2.75, 3.05) is 30.9 Å². The molecule has 1 aliphatic carbocycles. The van der Waals surface area contributed by atoms with Gasteiger partial charge in [0.2, 0.25) is 0 Å². The van der Waals surface area contributed by atoms with Crippen molar-refractivity contribution in [3.8, 4) is 0 Å². The maximum absolute atomic E-state index is 6.38. The minimum atomic E-state index is 0.585. The van der Waals surface area contributed by atoms with E-state index in [4.69, 9.17) is 11.6 Å². The number of rotatable bonds is 4. The van der Waals surface area contributed by atoms with Crippen LogP contribution in [0.5, 0.6) is 0 Å². The highest BCUT2D eigenvalue weighted by molar-refractivity contribution is 6.33. The summed E-state index contributed by atoms with van der Waals surface area (Å²) in [6.07, 6.45) is 6.62. The summed E-state index contributed by atoms with van der Waals surface area (Å²) in [6.45, 7) is 1.19. The molecule has 21 heavy (non-hydrogen) atoms. The van der Waals surface area contributed by atoms with E-state index in [2.05, 4.69) is 28.8 Å². The third-order valence-corrected chi connectivity index (χ3v) is 5.27. The van der Waals surface area contributed by atoms with Gasteiger partial charge in [-0.05, 0) is 56.3 Å². The molecule has 3 nitrogen and oxygen atoms in total. The number of anilines is 2. The van der Waals surface area contributed by atoms with E-state index in [-0.39, 0.29) is 0 Å². The Kier molecular flexibility index (Phi) is 4.60. The lowest BCUT2D eigenvalue weighted by Crippen LogP contribution is -2.38. The lowest BCUT2D eigenvalue weighted by molar-refractivity contribution is 0.376. The fourth-order valence-corrected chi connectivity index (χ4v) is 4.25. The molecular weight excluding hydrogens is 282 g/mol. The van der Waals surface area contributed by atoms with Gasteiger partial charge >= 0.3 is 0 Å². The number of nitrogens with one attached hydrogen (secondary N) is 2. The van der Waals surface area contributed by atoms with Crippen molar-refractivity contribution >= 4 is 23.0 Å². The Hall–Kier alpha value is -0.930. The largest absolute Gasteiger partial charge is 0.382 e. The second-order valence-electron chi connectivity index (χ2n) is 6.61. The molecule has 3 unspecified atom stereocenters. The molecule has 1 aliphatic heterocycles. The number of benzene rings is 1. The molecule has 1 heterocycles. The van der Waals surface area contributed by atoms with E-state index < -0.39 is 0 Å². The third-order valence-electron chi connectivity index (χ3n) is 4.97. The van der Waals surface area contributed by atoms with Crippen molar-refractivity contribution in [2.45, 2.75) is 44.2 Å². The second-order valence-corrected chi connectivity index (χ2v) is 7.02. The van der Waals surface area contributed by atoms with E-state index in [1.165, 1.54) is 38.6 Å². The zero-order chi connectivity index (χ0) is 14.8. The van der Waals surface area contributed by atoms with Gasteiger partial charge in [0.25, 0.3) is 0 Å². The van der Waals surface area contributed by atoms with Gasteiger partial charge in [-0.1, -0.05) is 18.0 Å². The molecule has 0 radical (unpaired) electrons. The first-order chi connectivity index (χ1) is 10.1. The molecule has 0 amide bonds. The fourth-order valence-electron chi connectivity index (χ4n) is 3.90. The third kappa shape index (κ3) is 3.29. The lowest BCUT2D eigenvalue weighted by Gasteiger charge is -2.27. The molecule has 0 spiro atoms. The van der Waals surface area contributed by atoms with E-state index in [0.717, 1.165) is 22.3 Å². The van der Waals surface area contributed by atoms with Crippen LogP contribution in [0.1, 0.15) is 32.1 Å². The molecule has 3 rings (SSSR count). The highest BCUT2D eigenvalue weighted by atomic mass is 35.5. The van der Waals surface area contributed by atoms with Crippen molar-refractivity contribution in [3.05, 3.63) is 23.2 Å². The highest BCUT2D eigenvalue weighted by Crippen LogP contribution is 2.35. The predicted octanol–water partition coefficient (Wildman–Crippen LogP) is 3.74. The van der Waals surface area contributed by atoms with Crippen LogP contribution in [0.15, 0.2) is 18.2 Å². The summed E-state index contributed by atoms with van der Waals surface area (Å²) in [6, 6.07) is 7.61. The Morgan fingerprint density at radius 1 is 1.19 bits per heavy atom. The Balaban J connectivity index is 1.69. The van der Waals surface area contributed by atoms with Gasteiger partial charge in [-0.3, -0.25) is 0 Å². The molecule has 2 aliphatic rings. The zero-order valence-electron chi connectivity index (χ0n) is 13.0. The average Bonchev–Trinajstić information content (AvgIpc) is 3.08. The lowest BCUT2D eigenvalue weighted by atomic mass is 9.93. The Bertz CT molecular complexity index is 483. The standard InChI is InChI=1S/C17H26ClN3/c1-21(2)17-9-8-12(11-14(17)18)20-16-6-3-5-13(16)15-7-4-10-19-15/h8-9,11,13,15-16,19-20H,3-7,10H2,1-2H3. The molecule has 3 atom stereocenters. The van der Waals surface area contributed by atoms with Gasteiger partial charge in [0.05, 0.1) is 10.7 Å². The predicted molar refractivity (Wildman–Crippen MR) is 91.6 cm³/mol. The summed E-state index contributed by atoms with van der Waals surface area (Å²) in [5, 5.41) is 8.23. The number of nitrogens with zero attached hydrogens (tertiary/aromatic N) is 1. The highest BCUT2D eigenvalue weighted by Gasteiger charge is 2.34. The van der Waals surface area contributed by atoms with Crippen LogP contribution in [0.2, 0.25) is 5.02 Å². The summed E-state index contributed by atoms with van der Waals surface area (Å²) in [7, 11) is 4.04. The first-order valence-corrected chi connectivity index (χ1v) is 8.50. The van der Waals surface area contributed by atoms with E-state index in [1.54, 1.807) is 0 Å². The molecular formula is C17H26ClN3. The summed E-state index contributed by atoms with van der Waals surface area (Å²) >= 11 is 6.38. The van der Waals surface area contributed by atoms with Crippen LogP contribution in [-0.4, -0.2) is 32.7 Å². The first kappa shape index (κ1) is 15.0. The summed E-state index contributed by atoms with van der Waals surface area (Å²) in [5.41, 5.74) is 2.23. The monoisotopic (exact) mass is 307 g/mol. The fraction of sp³-hybridized carbons (Fsp3) is 0.647. The van der Waals surface area contributed by atoms with Gasteiger partial charge in [0.1, 0.15) is 0 Å². The molecule has 1 aromatic rings. The Morgan fingerprint density at radius 3 is 2.71 bits per heavy atom. The van der Waals surface area contributed by atoms with E-state index >= 15 is 0 Å². The van der Waals surface area contributed by atoms with Gasteiger partial charge in [0, 0.05) is 31.9 Å². The second kappa shape index (κ2) is 6.45. The van der Waals surface area contributed by atoms with Crippen LogP contribution in [0.4, 0.5) is 11.4 Å². The van der Waals surface area contributed by atoms with Crippen molar-refractivity contribution in [3.63, 3.8) is 0 Å². The van der Waals surface area contributed by atoms with Gasteiger partial charge in [0.15, 0.2) is 0 Å². The summed E-state index contributed by atoms with van der Waals surface area (Å²) in [5.74, 6) is 0.764. The topological polar surface area (TPSA) is 27.3 Å². The van der Waals surface area contributed by atoms with Crippen LogP contribution in [0, 0.1) is 5.92 Å². The zero-order valence-corrected chi connectivity index (χ0v) is 13.8. The maximum atomic E-state index is 6.38. The first-order valence-electron chi connectivity index (χ1n) is 8.12. The van der Waals surface area contributed by atoms with Gasteiger partial charge < -0.3 is 15.5 Å². The molecule has 0 bridgehead atoms. The minimum absolute atomic E-state index is 0.585. The Labute approximate surface area is 133 Å². The summed E-state index contributed by atoms with van der Waals surface area (Å²) in [4.78, 5) is 2.05. The quantitative estimate of drug-likeness (QED) is 0.887. The van der Waals surface area contributed by atoms with Gasteiger partial charge in [-0.2, -0.15) is 0 Å². The number of halogens is 1.